The first-order valence-electron chi connectivity index (χ1n) is 7.84. The summed E-state index contributed by atoms with van der Waals surface area (Å²) in [7, 11) is 0. The normalized spacial score (nSPS) is 16.9. The van der Waals surface area contributed by atoms with E-state index in [1.54, 1.807) is 0 Å². The van der Waals surface area contributed by atoms with Crippen molar-refractivity contribution in [3.63, 3.8) is 0 Å². The molecular formula is C17H18ClN3O2S. The van der Waals surface area contributed by atoms with Gasteiger partial charge in [-0.2, -0.15) is 0 Å². The second-order valence-corrected chi connectivity index (χ2v) is 7.46. The Morgan fingerprint density at radius 2 is 2.33 bits per heavy atom. The van der Waals surface area contributed by atoms with Crippen LogP contribution in [0.4, 0.5) is 5.13 Å². The highest BCUT2D eigenvalue weighted by atomic mass is 35.5. The van der Waals surface area contributed by atoms with Crippen molar-refractivity contribution in [1.29, 1.82) is 0 Å². The van der Waals surface area contributed by atoms with E-state index in [0.717, 1.165) is 22.6 Å². The third-order valence-corrected chi connectivity index (χ3v) is 5.07. The average molecular weight is 364 g/mol. The van der Waals surface area contributed by atoms with Crippen molar-refractivity contribution in [2.45, 2.75) is 38.6 Å². The van der Waals surface area contributed by atoms with Crippen molar-refractivity contribution in [3.8, 4) is 11.3 Å². The summed E-state index contributed by atoms with van der Waals surface area (Å²) >= 11 is 7.47. The Bertz CT molecular complexity index is 775. The van der Waals surface area contributed by atoms with E-state index in [9.17, 15) is 9.59 Å². The molecule has 1 aromatic carbocycles. The van der Waals surface area contributed by atoms with Gasteiger partial charge >= 0.3 is 0 Å². The lowest BCUT2D eigenvalue weighted by molar-refractivity contribution is -0.120. The number of carbonyl (C=O) groups is 2. The molecule has 1 fully saturated rings. The smallest absolute Gasteiger partial charge is 0.226 e. The summed E-state index contributed by atoms with van der Waals surface area (Å²) in [6.45, 7) is 1.97. The minimum atomic E-state index is -0.0810. The molecule has 24 heavy (non-hydrogen) atoms. The molecule has 1 aromatic heterocycles. The van der Waals surface area contributed by atoms with Crippen LogP contribution in [0, 0.1) is 6.92 Å². The first-order chi connectivity index (χ1) is 11.5. The Morgan fingerprint density at radius 3 is 3.04 bits per heavy atom. The number of nitrogens with one attached hydrogen (secondary N) is 2. The molecule has 2 heterocycles. The van der Waals surface area contributed by atoms with Gasteiger partial charge in [0.15, 0.2) is 5.13 Å². The van der Waals surface area contributed by atoms with Crippen LogP contribution < -0.4 is 10.6 Å². The SMILES string of the molecule is Cc1sc(NC(=O)CCC2CCC(=O)N2)nc1-c1cccc(Cl)c1. The number of halogens is 1. The Balaban J connectivity index is 1.60. The number of nitrogens with zero attached hydrogens (tertiary/aromatic N) is 1. The predicted octanol–water partition coefficient (Wildman–Crippen LogP) is 3.77. The van der Waals surface area contributed by atoms with E-state index in [1.807, 2.05) is 31.2 Å². The van der Waals surface area contributed by atoms with Gasteiger partial charge in [-0.25, -0.2) is 4.98 Å². The van der Waals surface area contributed by atoms with Crippen molar-refractivity contribution < 1.29 is 9.59 Å². The zero-order valence-corrected chi connectivity index (χ0v) is 14.8. The van der Waals surface area contributed by atoms with E-state index >= 15 is 0 Å². The molecule has 2 amide bonds. The van der Waals surface area contributed by atoms with Gasteiger partial charge in [-0.15, -0.1) is 11.3 Å². The lowest BCUT2D eigenvalue weighted by Crippen LogP contribution is -2.26. The number of aryl methyl sites for hydroxylation is 1. The van der Waals surface area contributed by atoms with E-state index in [0.29, 0.717) is 29.4 Å². The molecule has 0 aliphatic carbocycles. The first-order valence-corrected chi connectivity index (χ1v) is 9.03. The molecule has 0 saturated carbocycles. The van der Waals surface area contributed by atoms with Crippen LogP contribution >= 0.6 is 22.9 Å². The molecule has 3 rings (SSSR count). The van der Waals surface area contributed by atoms with Gasteiger partial charge in [0.1, 0.15) is 0 Å². The van der Waals surface area contributed by atoms with E-state index in [1.165, 1.54) is 11.3 Å². The first kappa shape index (κ1) is 16.9. The zero-order valence-electron chi connectivity index (χ0n) is 13.3. The predicted molar refractivity (Wildman–Crippen MR) is 96.3 cm³/mol. The lowest BCUT2D eigenvalue weighted by atomic mass is 10.1. The lowest BCUT2D eigenvalue weighted by Gasteiger charge is -2.08. The van der Waals surface area contributed by atoms with E-state index in [4.69, 9.17) is 11.6 Å². The highest BCUT2D eigenvalue weighted by Crippen LogP contribution is 2.31. The largest absolute Gasteiger partial charge is 0.353 e. The summed E-state index contributed by atoms with van der Waals surface area (Å²) in [5, 5.41) is 6.96. The topological polar surface area (TPSA) is 71.1 Å². The molecule has 1 saturated heterocycles. The number of amides is 2. The maximum absolute atomic E-state index is 12.1. The Hall–Kier alpha value is -1.92. The fraction of sp³-hybridized carbons (Fsp3) is 0.353. The Labute approximate surface area is 149 Å². The molecule has 1 aliphatic heterocycles. The van der Waals surface area contributed by atoms with Crippen LogP contribution in [0.1, 0.15) is 30.6 Å². The van der Waals surface area contributed by atoms with Gasteiger partial charge < -0.3 is 10.6 Å². The molecule has 2 aromatic rings. The van der Waals surface area contributed by atoms with E-state index in [2.05, 4.69) is 15.6 Å². The molecule has 0 spiro atoms. The summed E-state index contributed by atoms with van der Waals surface area (Å²) in [5.41, 5.74) is 1.77. The monoisotopic (exact) mass is 363 g/mol. The number of aromatic nitrogens is 1. The van der Waals surface area contributed by atoms with Crippen LogP contribution in [0.25, 0.3) is 11.3 Å². The van der Waals surface area contributed by atoms with Gasteiger partial charge in [-0.05, 0) is 31.9 Å². The minimum Gasteiger partial charge on any atom is -0.353 e. The van der Waals surface area contributed by atoms with Crippen LogP contribution in [-0.4, -0.2) is 22.8 Å². The molecule has 2 N–H and O–H groups in total. The fourth-order valence-corrected chi connectivity index (χ4v) is 3.78. The van der Waals surface area contributed by atoms with Gasteiger partial charge in [-0.3, -0.25) is 9.59 Å². The highest BCUT2D eigenvalue weighted by molar-refractivity contribution is 7.16. The van der Waals surface area contributed by atoms with Gasteiger partial charge in [0.25, 0.3) is 0 Å². The summed E-state index contributed by atoms with van der Waals surface area (Å²) in [4.78, 5) is 28.8. The van der Waals surface area contributed by atoms with Crippen LogP contribution in [-0.2, 0) is 9.59 Å². The Kier molecular flexibility index (Phi) is 5.16. The summed E-state index contributed by atoms with van der Waals surface area (Å²) in [5.74, 6) is -0.00957. The zero-order chi connectivity index (χ0) is 17.1. The van der Waals surface area contributed by atoms with Gasteiger partial charge in [0, 0.05) is 34.3 Å². The number of rotatable bonds is 5. The number of hydrogen-bond acceptors (Lipinski definition) is 4. The molecule has 1 unspecified atom stereocenters. The second kappa shape index (κ2) is 7.32. The summed E-state index contributed by atoms with van der Waals surface area (Å²) in [6.07, 6.45) is 2.39. The Morgan fingerprint density at radius 1 is 1.50 bits per heavy atom. The molecule has 0 bridgehead atoms. The minimum absolute atomic E-state index is 0.0714. The third-order valence-electron chi connectivity index (χ3n) is 3.95. The maximum Gasteiger partial charge on any atom is 0.226 e. The van der Waals surface area contributed by atoms with Crippen LogP contribution in [0.15, 0.2) is 24.3 Å². The fourth-order valence-electron chi connectivity index (χ4n) is 2.73. The summed E-state index contributed by atoms with van der Waals surface area (Å²) in [6, 6.07) is 7.62. The number of hydrogen-bond donors (Lipinski definition) is 2. The molecule has 5 nitrogen and oxygen atoms in total. The molecule has 126 valence electrons. The molecule has 0 radical (unpaired) electrons. The second-order valence-electron chi connectivity index (χ2n) is 5.82. The van der Waals surface area contributed by atoms with Crippen molar-refractivity contribution >= 4 is 39.9 Å². The number of thiazole rings is 1. The van der Waals surface area contributed by atoms with E-state index in [-0.39, 0.29) is 17.9 Å². The number of anilines is 1. The van der Waals surface area contributed by atoms with Gasteiger partial charge in [-0.1, -0.05) is 23.7 Å². The molecule has 1 atom stereocenters. The molecule has 1 aliphatic rings. The third kappa shape index (κ3) is 4.13. The summed E-state index contributed by atoms with van der Waals surface area (Å²) < 4.78 is 0. The number of benzene rings is 1. The highest BCUT2D eigenvalue weighted by Gasteiger charge is 2.21. The van der Waals surface area contributed by atoms with Crippen LogP contribution in [0.2, 0.25) is 5.02 Å². The number of carbonyl (C=O) groups excluding carboxylic acids is 2. The van der Waals surface area contributed by atoms with Crippen molar-refractivity contribution in [3.05, 3.63) is 34.2 Å². The standard InChI is InChI=1S/C17H18ClN3O2S/c1-10-16(11-3-2-4-12(18)9-11)21-17(24-10)20-15(23)8-6-13-5-7-14(22)19-13/h2-4,9,13H,5-8H2,1H3,(H,19,22)(H,20,21,23). The quantitative estimate of drug-likeness (QED) is 0.849. The maximum atomic E-state index is 12.1. The van der Waals surface area contributed by atoms with Gasteiger partial charge in [0.2, 0.25) is 11.8 Å². The van der Waals surface area contributed by atoms with Crippen molar-refractivity contribution in [2.24, 2.45) is 0 Å². The van der Waals surface area contributed by atoms with Gasteiger partial charge in [0.05, 0.1) is 5.69 Å². The van der Waals surface area contributed by atoms with Crippen molar-refractivity contribution in [2.75, 3.05) is 5.32 Å². The van der Waals surface area contributed by atoms with E-state index < -0.39 is 0 Å². The average Bonchev–Trinajstić information content (AvgIpc) is 3.11. The molecular weight excluding hydrogens is 346 g/mol. The van der Waals surface area contributed by atoms with Crippen LogP contribution in [0.3, 0.4) is 0 Å². The molecule has 7 heteroatoms. The van der Waals surface area contributed by atoms with Crippen LogP contribution in [0.5, 0.6) is 0 Å². The van der Waals surface area contributed by atoms with Crippen molar-refractivity contribution in [1.82, 2.24) is 10.3 Å².